The SMILES string of the molecule is COc1ccccc1N1CCN(c2ccc(NC(=O)Nc3c(Cl)cccc3Cl)cc2C(=O)NC(C)C)CC1. The summed E-state index contributed by atoms with van der Waals surface area (Å²) < 4.78 is 5.53. The molecular formula is C28H31Cl2N5O3. The molecule has 0 radical (unpaired) electrons. The highest BCUT2D eigenvalue weighted by Crippen LogP contribution is 2.32. The third kappa shape index (κ3) is 6.44. The van der Waals surface area contributed by atoms with Crippen LogP contribution in [-0.2, 0) is 0 Å². The lowest BCUT2D eigenvalue weighted by molar-refractivity contribution is 0.0943. The summed E-state index contributed by atoms with van der Waals surface area (Å²) in [6, 6.07) is 17.7. The molecule has 0 spiro atoms. The number of hydrogen-bond donors (Lipinski definition) is 3. The van der Waals surface area contributed by atoms with Crippen LogP contribution in [0.1, 0.15) is 24.2 Å². The Morgan fingerprint density at radius 2 is 1.47 bits per heavy atom. The van der Waals surface area contributed by atoms with E-state index in [1.165, 1.54) is 0 Å². The molecule has 0 aliphatic carbocycles. The van der Waals surface area contributed by atoms with Crippen molar-refractivity contribution in [3.05, 3.63) is 76.3 Å². The van der Waals surface area contributed by atoms with Gasteiger partial charge in [-0.25, -0.2) is 4.79 Å². The van der Waals surface area contributed by atoms with Gasteiger partial charge in [-0.05, 0) is 56.3 Å². The van der Waals surface area contributed by atoms with Gasteiger partial charge in [0.2, 0.25) is 0 Å². The number of piperazine rings is 1. The molecule has 0 aromatic heterocycles. The summed E-state index contributed by atoms with van der Waals surface area (Å²) >= 11 is 12.3. The van der Waals surface area contributed by atoms with E-state index in [-0.39, 0.29) is 11.9 Å². The quantitative estimate of drug-likeness (QED) is 0.327. The van der Waals surface area contributed by atoms with E-state index in [1.54, 1.807) is 37.4 Å². The van der Waals surface area contributed by atoms with Crippen LogP contribution in [0.5, 0.6) is 5.75 Å². The fourth-order valence-electron chi connectivity index (χ4n) is 4.38. The van der Waals surface area contributed by atoms with Gasteiger partial charge < -0.3 is 30.5 Å². The molecular weight excluding hydrogens is 525 g/mol. The second-order valence-corrected chi connectivity index (χ2v) is 10.00. The van der Waals surface area contributed by atoms with Crippen molar-refractivity contribution in [2.24, 2.45) is 0 Å². The van der Waals surface area contributed by atoms with Crippen molar-refractivity contribution in [3.8, 4) is 5.75 Å². The third-order valence-corrected chi connectivity index (χ3v) is 6.80. The highest BCUT2D eigenvalue weighted by atomic mass is 35.5. The van der Waals surface area contributed by atoms with Gasteiger partial charge in [0.15, 0.2) is 0 Å². The lowest BCUT2D eigenvalue weighted by atomic mass is 10.1. The number of hydrogen-bond acceptors (Lipinski definition) is 5. The Kier molecular flexibility index (Phi) is 8.86. The summed E-state index contributed by atoms with van der Waals surface area (Å²) in [7, 11) is 1.67. The Balaban J connectivity index is 1.52. The van der Waals surface area contributed by atoms with Gasteiger partial charge in [-0.1, -0.05) is 41.4 Å². The topological polar surface area (TPSA) is 85.9 Å². The monoisotopic (exact) mass is 555 g/mol. The van der Waals surface area contributed by atoms with Crippen molar-refractivity contribution >= 4 is 57.9 Å². The molecule has 1 fully saturated rings. The molecule has 0 unspecified atom stereocenters. The molecule has 3 aromatic rings. The first-order chi connectivity index (χ1) is 18.3. The fourth-order valence-corrected chi connectivity index (χ4v) is 4.88. The maximum Gasteiger partial charge on any atom is 0.323 e. The Hall–Kier alpha value is -3.62. The highest BCUT2D eigenvalue weighted by molar-refractivity contribution is 6.39. The number of methoxy groups -OCH3 is 1. The van der Waals surface area contributed by atoms with Crippen molar-refractivity contribution in [1.82, 2.24) is 5.32 Å². The molecule has 0 saturated carbocycles. The Morgan fingerprint density at radius 1 is 0.842 bits per heavy atom. The molecule has 4 rings (SSSR count). The normalized spacial score (nSPS) is 13.3. The first kappa shape index (κ1) is 27.4. The van der Waals surface area contributed by atoms with Gasteiger partial charge in [-0.15, -0.1) is 0 Å². The van der Waals surface area contributed by atoms with Gasteiger partial charge in [-0.3, -0.25) is 4.79 Å². The van der Waals surface area contributed by atoms with Crippen LogP contribution in [0.3, 0.4) is 0 Å². The largest absolute Gasteiger partial charge is 0.495 e. The summed E-state index contributed by atoms with van der Waals surface area (Å²) in [4.78, 5) is 30.3. The van der Waals surface area contributed by atoms with Crippen LogP contribution in [0.2, 0.25) is 10.0 Å². The summed E-state index contributed by atoms with van der Waals surface area (Å²) in [5.74, 6) is 0.630. The zero-order chi connectivity index (χ0) is 27.2. The molecule has 3 aromatic carbocycles. The average molecular weight is 556 g/mol. The van der Waals surface area contributed by atoms with E-state index in [2.05, 4.69) is 31.8 Å². The molecule has 200 valence electrons. The number of anilines is 4. The number of benzene rings is 3. The minimum absolute atomic E-state index is 0.0416. The molecule has 1 saturated heterocycles. The number of halogens is 2. The Bertz CT molecular complexity index is 1290. The van der Waals surface area contributed by atoms with Crippen LogP contribution in [0.25, 0.3) is 0 Å². The predicted octanol–water partition coefficient (Wildman–Crippen LogP) is 6.11. The van der Waals surface area contributed by atoms with E-state index in [1.807, 2.05) is 38.1 Å². The lowest BCUT2D eigenvalue weighted by Gasteiger charge is -2.38. The molecule has 8 nitrogen and oxygen atoms in total. The first-order valence-corrected chi connectivity index (χ1v) is 13.1. The van der Waals surface area contributed by atoms with Crippen molar-refractivity contribution in [2.75, 3.05) is 53.7 Å². The lowest BCUT2D eigenvalue weighted by Crippen LogP contribution is -2.47. The number of ether oxygens (including phenoxy) is 1. The van der Waals surface area contributed by atoms with E-state index >= 15 is 0 Å². The second kappa shape index (κ2) is 12.3. The number of carbonyl (C=O) groups is 2. The van der Waals surface area contributed by atoms with Crippen LogP contribution in [-0.4, -0.2) is 51.3 Å². The maximum absolute atomic E-state index is 13.2. The average Bonchev–Trinajstić information content (AvgIpc) is 2.90. The molecule has 10 heteroatoms. The van der Waals surface area contributed by atoms with E-state index < -0.39 is 6.03 Å². The molecule has 1 aliphatic rings. The third-order valence-electron chi connectivity index (χ3n) is 6.17. The van der Waals surface area contributed by atoms with E-state index in [0.29, 0.717) is 27.0 Å². The summed E-state index contributed by atoms with van der Waals surface area (Å²) in [6.07, 6.45) is 0. The molecule has 1 heterocycles. The van der Waals surface area contributed by atoms with Gasteiger partial charge >= 0.3 is 6.03 Å². The number of nitrogens with one attached hydrogen (secondary N) is 3. The second-order valence-electron chi connectivity index (χ2n) is 9.18. The summed E-state index contributed by atoms with van der Waals surface area (Å²) in [5.41, 5.74) is 3.13. The van der Waals surface area contributed by atoms with Crippen LogP contribution in [0.15, 0.2) is 60.7 Å². The molecule has 38 heavy (non-hydrogen) atoms. The Labute approximate surface area is 232 Å². The molecule has 0 atom stereocenters. The van der Waals surface area contributed by atoms with Gasteiger partial charge in [0.05, 0.1) is 34.1 Å². The van der Waals surface area contributed by atoms with Crippen molar-refractivity contribution in [2.45, 2.75) is 19.9 Å². The Morgan fingerprint density at radius 3 is 2.11 bits per heavy atom. The molecule has 1 aliphatic heterocycles. The number of amides is 3. The minimum atomic E-state index is -0.520. The van der Waals surface area contributed by atoms with Gasteiger partial charge in [0.25, 0.3) is 5.91 Å². The minimum Gasteiger partial charge on any atom is -0.495 e. The molecule has 0 bridgehead atoms. The number of nitrogens with zero attached hydrogens (tertiary/aromatic N) is 2. The van der Waals surface area contributed by atoms with Crippen LogP contribution < -0.4 is 30.5 Å². The van der Waals surface area contributed by atoms with Crippen LogP contribution in [0, 0.1) is 0 Å². The van der Waals surface area contributed by atoms with Crippen molar-refractivity contribution in [1.29, 1.82) is 0 Å². The number of urea groups is 1. The predicted molar refractivity (Wildman–Crippen MR) is 156 cm³/mol. The number of rotatable bonds is 7. The molecule has 3 amide bonds. The number of para-hydroxylation sites is 3. The van der Waals surface area contributed by atoms with Crippen LogP contribution in [0.4, 0.5) is 27.5 Å². The number of carbonyl (C=O) groups excluding carboxylic acids is 2. The maximum atomic E-state index is 13.2. The van der Waals surface area contributed by atoms with E-state index in [9.17, 15) is 9.59 Å². The standard InChI is InChI=1S/C28H31Cl2N5O3/c1-18(2)31-27(36)20-17-19(32-28(37)33-26-21(29)7-6-8-22(26)30)11-12-23(20)34-13-15-35(16-14-34)24-9-4-5-10-25(24)38-3/h4-12,17-18H,13-16H2,1-3H3,(H,31,36)(H2,32,33,37). The van der Waals surface area contributed by atoms with Gasteiger partial charge in [0.1, 0.15) is 5.75 Å². The van der Waals surface area contributed by atoms with Gasteiger partial charge in [0, 0.05) is 43.6 Å². The zero-order valence-corrected chi connectivity index (χ0v) is 23.1. The highest BCUT2D eigenvalue weighted by Gasteiger charge is 2.24. The smallest absolute Gasteiger partial charge is 0.323 e. The molecule has 3 N–H and O–H groups in total. The van der Waals surface area contributed by atoms with E-state index in [4.69, 9.17) is 27.9 Å². The first-order valence-electron chi connectivity index (χ1n) is 12.4. The van der Waals surface area contributed by atoms with E-state index in [0.717, 1.165) is 43.3 Å². The van der Waals surface area contributed by atoms with Crippen LogP contribution >= 0.6 is 23.2 Å². The van der Waals surface area contributed by atoms with Crippen molar-refractivity contribution < 1.29 is 14.3 Å². The zero-order valence-electron chi connectivity index (χ0n) is 21.6. The summed E-state index contributed by atoms with van der Waals surface area (Å²) in [6.45, 7) is 6.80. The summed E-state index contributed by atoms with van der Waals surface area (Å²) in [5, 5.41) is 9.07. The van der Waals surface area contributed by atoms with Gasteiger partial charge in [-0.2, -0.15) is 0 Å². The van der Waals surface area contributed by atoms with Crippen molar-refractivity contribution in [3.63, 3.8) is 0 Å². The fraction of sp³-hybridized carbons (Fsp3) is 0.286.